The summed E-state index contributed by atoms with van der Waals surface area (Å²) in [5.74, 6) is 2.35. The highest BCUT2D eigenvalue weighted by atomic mass is 16.5. The van der Waals surface area contributed by atoms with E-state index in [0.717, 1.165) is 49.8 Å². The van der Waals surface area contributed by atoms with Crippen LogP contribution in [0.1, 0.15) is 25.8 Å². The zero-order valence-corrected chi connectivity index (χ0v) is 14.7. The number of nitrogens with zero attached hydrogens (tertiary/aromatic N) is 2. The molecule has 1 aromatic carbocycles. The quantitative estimate of drug-likeness (QED) is 0.807. The fourth-order valence-corrected chi connectivity index (χ4v) is 2.86. The molecule has 23 heavy (non-hydrogen) atoms. The molecule has 0 N–H and O–H groups in total. The van der Waals surface area contributed by atoms with E-state index in [1.54, 1.807) is 14.2 Å². The average molecular weight is 320 g/mol. The molecular formula is C18H28N2O3. The third kappa shape index (κ3) is 4.86. The number of benzene rings is 1. The van der Waals surface area contributed by atoms with Gasteiger partial charge in [-0.15, -0.1) is 0 Å². The molecule has 0 spiro atoms. The van der Waals surface area contributed by atoms with Gasteiger partial charge >= 0.3 is 0 Å². The van der Waals surface area contributed by atoms with Gasteiger partial charge in [-0.2, -0.15) is 0 Å². The number of hydrogen-bond acceptors (Lipinski definition) is 4. The number of methoxy groups -OCH3 is 2. The van der Waals surface area contributed by atoms with E-state index in [0.29, 0.717) is 12.3 Å². The SMILES string of the molecule is COc1ccc(CN2CCN(C(=O)CC(C)C)CC2)c(OC)c1. The molecular weight excluding hydrogens is 292 g/mol. The van der Waals surface area contributed by atoms with Crippen molar-refractivity contribution in [1.82, 2.24) is 9.80 Å². The van der Waals surface area contributed by atoms with Crippen molar-refractivity contribution in [3.8, 4) is 11.5 Å². The Kier molecular flexibility index (Phi) is 6.28. The van der Waals surface area contributed by atoms with Crippen LogP contribution in [0.4, 0.5) is 0 Å². The first-order chi connectivity index (χ1) is 11.0. The molecule has 1 fully saturated rings. The van der Waals surface area contributed by atoms with Crippen LogP contribution < -0.4 is 9.47 Å². The highest BCUT2D eigenvalue weighted by molar-refractivity contribution is 5.76. The summed E-state index contributed by atoms with van der Waals surface area (Å²) in [4.78, 5) is 16.5. The summed E-state index contributed by atoms with van der Waals surface area (Å²) in [6.45, 7) is 8.43. The average Bonchev–Trinajstić information content (AvgIpc) is 2.55. The molecule has 1 aromatic rings. The van der Waals surface area contributed by atoms with Gasteiger partial charge in [-0.25, -0.2) is 0 Å². The summed E-state index contributed by atoms with van der Waals surface area (Å²) >= 11 is 0. The lowest BCUT2D eigenvalue weighted by Crippen LogP contribution is -2.48. The summed E-state index contributed by atoms with van der Waals surface area (Å²) in [7, 11) is 3.34. The Morgan fingerprint density at radius 2 is 1.83 bits per heavy atom. The number of ether oxygens (including phenoxy) is 2. The van der Waals surface area contributed by atoms with Crippen molar-refractivity contribution in [2.24, 2.45) is 5.92 Å². The number of amides is 1. The lowest BCUT2D eigenvalue weighted by Gasteiger charge is -2.35. The second kappa shape index (κ2) is 8.20. The molecule has 0 aliphatic carbocycles. The van der Waals surface area contributed by atoms with Gasteiger partial charge in [0.1, 0.15) is 11.5 Å². The fraction of sp³-hybridized carbons (Fsp3) is 0.611. The van der Waals surface area contributed by atoms with Crippen molar-refractivity contribution in [1.29, 1.82) is 0 Å². The maximum atomic E-state index is 12.1. The smallest absolute Gasteiger partial charge is 0.222 e. The summed E-state index contributed by atoms with van der Waals surface area (Å²) in [5, 5.41) is 0. The largest absolute Gasteiger partial charge is 0.497 e. The van der Waals surface area contributed by atoms with Gasteiger partial charge in [0.15, 0.2) is 0 Å². The van der Waals surface area contributed by atoms with Crippen LogP contribution in [0.3, 0.4) is 0 Å². The van der Waals surface area contributed by atoms with Crippen molar-refractivity contribution in [2.75, 3.05) is 40.4 Å². The van der Waals surface area contributed by atoms with Gasteiger partial charge in [0.25, 0.3) is 0 Å². The maximum absolute atomic E-state index is 12.1. The zero-order valence-electron chi connectivity index (χ0n) is 14.7. The van der Waals surface area contributed by atoms with E-state index in [9.17, 15) is 4.79 Å². The molecule has 5 nitrogen and oxygen atoms in total. The molecule has 128 valence electrons. The van der Waals surface area contributed by atoms with E-state index < -0.39 is 0 Å². The number of carbonyl (C=O) groups excluding carboxylic acids is 1. The Morgan fingerprint density at radius 3 is 2.39 bits per heavy atom. The summed E-state index contributed by atoms with van der Waals surface area (Å²) in [6.07, 6.45) is 0.645. The van der Waals surface area contributed by atoms with E-state index >= 15 is 0 Å². The monoisotopic (exact) mass is 320 g/mol. The Hall–Kier alpha value is -1.75. The summed E-state index contributed by atoms with van der Waals surface area (Å²) < 4.78 is 10.7. The first-order valence-corrected chi connectivity index (χ1v) is 8.24. The van der Waals surface area contributed by atoms with E-state index in [4.69, 9.17) is 9.47 Å². The molecule has 0 radical (unpaired) electrons. The lowest BCUT2D eigenvalue weighted by molar-refractivity contribution is -0.133. The van der Waals surface area contributed by atoms with E-state index in [2.05, 4.69) is 18.7 Å². The molecule has 0 bridgehead atoms. The minimum Gasteiger partial charge on any atom is -0.497 e. The van der Waals surface area contributed by atoms with Crippen LogP contribution in [-0.2, 0) is 11.3 Å². The predicted molar refractivity (Wildman–Crippen MR) is 90.9 cm³/mol. The molecule has 0 unspecified atom stereocenters. The molecule has 2 rings (SSSR count). The van der Waals surface area contributed by atoms with Crippen LogP contribution in [0.15, 0.2) is 18.2 Å². The van der Waals surface area contributed by atoms with Crippen molar-refractivity contribution in [3.63, 3.8) is 0 Å². The second-order valence-corrected chi connectivity index (χ2v) is 6.43. The van der Waals surface area contributed by atoms with Gasteiger partial charge in [-0.1, -0.05) is 19.9 Å². The standard InChI is InChI=1S/C18H28N2O3/c1-14(2)11-18(21)20-9-7-19(8-10-20)13-15-5-6-16(22-3)12-17(15)23-4/h5-6,12,14H,7-11,13H2,1-4H3. The van der Waals surface area contributed by atoms with Crippen molar-refractivity contribution >= 4 is 5.91 Å². The Labute approximate surface area is 139 Å². The molecule has 1 aliphatic rings. The summed E-state index contributed by atoms with van der Waals surface area (Å²) in [6, 6.07) is 5.92. The second-order valence-electron chi connectivity index (χ2n) is 6.43. The van der Waals surface area contributed by atoms with Gasteiger partial charge in [-0.3, -0.25) is 9.69 Å². The minimum absolute atomic E-state index is 0.279. The number of carbonyl (C=O) groups is 1. The van der Waals surface area contributed by atoms with Gasteiger partial charge in [0, 0.05) is 50.8 Å². The Morgan fingerprint density at radius 1 is 1.13 bits per heavy atom. The third-order valence-corrected chi connectivity index (χ3v) is 4.20. The van der Waals surface area contributed by atoms with Gasteiger partial charge in [0.05, 0.1) is 14.2 Å². The highest BCUT2D eigenvalue weighted by Crippen LogP contribution is 2.26. The van der Waals surface area contributed by atoms with Crippen LogP contribution in [0.2, 0.25) is 0 Å². The van der Waals surface area contributed by atoms with Crippen molar-refractivity contribution in [2.45, 2.75) is 26.8 Å². The van der Waals surface area contributed by atoms with Crippen LogP contribution in [0.25, 0.3) is 0 Å². The number of hydrogen-bond donors (Lipinski definition) is 0. The zero-order chi connectivity index (χ0) is 16.8. The van der Waals surface area contributed by atoms with Crippen LogP contribution in [-0.4, -0.2) is 56.1 Å². The van der Waals surface area contributed by atoms with Crippen LogP contribution >= 0.6 is 0 Å². The summed E-state index contributed by atoms with van der Waals surface area (Å²) in [5.41, 5.74) is 1.15. The normalized spacial score (nSPS) is 15.8. The number of piperazine rings is 1. The Balaban J connectivity index is 1.90. The predicted octanol–water partition coefficient (Wildman–Crippen LogP) is 2.39. The molecule has 5 heteroatoms. The van der Waals surface area contributed by atoms with Gasteiger partial charge in [0.2, 0.25) is 5.91 Å². The first kappa shape index (κ1) is 17.6. The molecule has 1 saturated heterocycles. The van der Waals surface area contributed by atoms with E-state index in [-0.39, 0.29) is 5.91 Å². The van der Waals surface area contributed by atoms with Gasteiger partial charge < -0.3 is 14.4 Å². The lowest BCUT2D eigenvalue weighted by atomic mass is 10.1. The fourth-order valence-electron chi connectivity index (χ4n) is 2.86. The van der Waals surface area contributed by atoms with E-state index in [1.165, 1.54) is 0 Å². The first-order valence-electron chi connectivity index (χ1n) is 8.24. The minimum atomic E-state index is 0.279. The molecule has 1 aliphatic heterocycles. The third-order valence-electron chi connectivity index (χ3n) is 4.20. The number of rotatable bonds is 6. The van der Waals surface area contributed by atoms with Crippen molar-refractivity contribution in [3.05, 3.63) is 23.8 Å². The molecule has 0 aromatic heterocycles. The van der Waals surface area contributed by atoms with Crippen LogP contribution in [0.5, 0.6) is 11.5 Å². The highest BCUT2D eigenvalue weighted by Gasteiger charge is 2.22. The van der Waals surface area contributed by atoms with Crippen molar-refractivity contribution < 1.29 is 14.3 Å². The molecule has 0 atom stereocenters. The van der Waals surface area contributed by atoms with Crippen LogP contribution in [0, 0.1) is 5.92 Å². The molecule has 1 heterocycles. The molecule has 1 amide bonds. The molecule has 0 saturated carbocycles. The topological polar surface area (TPSA) is 42.0 Å². The van der Waals surface area contributed by atoms with Gasteiger partial charge in [-0.05, 0) is 12.0 Å². The Bertz CT molecular complexity index is 523. The maximum Gasteiger partial charge on any atom is 0.222 e. The van der Waals surface area contributed by atoms with E-state index in [1.807, 2.05) is 23.1 Å².